The lowest BCUT2D eigenvalue weighted by atomic mass is 9.71. The van der Waals surface area contributed by atoms with Crippen LogP contribution in [0, 0.1) is 11.8 Å². The molecule has 2 heteroatoms. The first kappa shape index (κ1) is 15.3. The largest absolute Gasteiger partial charge is 0.375 e. The van der Waals surface area contributed by atoms with E-state index >= 15 is 0 Å². The molecule has 1 N–H and O–H groups in total. The maximum atomic E-state index is 6.29. The highest BCUT2D eigenvalue weighted by atomic mass is 16.5. The van der Waals surface area contributed by atoms with E-state index in [9.17, 15) is 0 Å². The van der Waals surface area contributed by atoms with Gasteiger partial charge in [0.05, 0.1) is 5.60 Å². The first-order valence-corrected chi connectivity index (χ1v) is 8.51. The van der Waals surface area contributed by atoms with Gasteiger partial charge in [-0.25, -0.2) is 0 Å². The molecule has 2 fully saturated rings. The maximum absolute atomic E-state index is 6.29. The molecule has 0 aromatic rings. The van der Waals surface area contributed by atoms with Crippen LogP contribution in [0.3, 0.4) is 0 Å². The molecule has 1 saturated heterocycles. The van der Waals surface area contributed by atoms with Gasteiger partial charge in [0.15, 0.2) is 0 Å². The molecule has 3 atom stereocenters. The second kappa shape index (κ2) is 7.08. The number of hydrogen-bond donors (Lipinski definition) is 1. The summed E-state index contributed by atoms with van der Waals surface area (Å²) in [6.45, 7) is 9.09. The van der Waals surface area contributed by atoms with E-state index in [0.29, 0.717) is 6.04 Å². The van der Waals surface area contributed by atoms with Gasteiger partial charge in [-0.1, -0.05) is 33.6 Å². The highest BCUT2D eigenvalue weighted by molar-refractivity contribution is 4.94. The summed E-state index contributed by atoms with van der Waals surface area (Å²) in [5.41, 5.74) is 0.224. The lowest BCUT2D eigenvalue weighted by Gasteiger charge is -2.46. The molecule has 1 aliphatic carbocycles. The lowest BCUT2D eigenvalue weighted by molar-refractivity contribution is -0.121. The fourth-order valence-electron chi connectivity index (χ4n) is 4.18. The minimum atomic E-state index is 0.224. The smallest absolute Gasteiger partial charge is 0.0700 e. The van der Waals surface area contributed by atoms with Gasteiger partial charge in [0, 0.05) is 12.6 Å². The predicted octanol–water partition coefficient (Wildman–Crippen LogP) is 4.14. The van der Waals surface area contributed by atoms with Crippen LogP contribution in [-0.2, 0) is 4.74 Å². The van der Waals surface area contributed by atoms with Gasteiger partial charge >= 0.3 is 0 Å². The standard InChI is InChI=1S/C17H33NO/c1-4-9-18-16-7-10-19-17(13-16)8-5-6-15(12-17)11-14(2)3/h14-16,18H,4-13H2,1-3H3. The van der Waals surface area contributed by atoms with Gasteiger partial charge < -0.3 is 10.1 Å². The molecular formula is C17H33NO. The molecule has 0 aromatic carbocycles. The highest BCUT2D eigenvalue weighted by Crippen LogP contribution is 2.43. The normalized spacial score (nSPS) is 36.0. The Hall–Kier alpha value is -0.0800. The summed E-state index contributed by atoms with van der Waals surface area (Å²) in [7, 11) is 0. The van der Waals surface area contributed by atoms with Gasteiger partial charge in [-0.05, 0) is 56.9 Å². The van der Waals surface area contributed by atoms with Crippen molar-refractivity contribution in [2.24, 2.45) is 11.8 Å². The molecule has 2 aliphatic rings. The Morgan fingerprint density at radius 1 is 1.26 bits per heavy atom. The Morgan fingerprint density at radius 2 is 2.11 bits per heavy atom. The molecule has 1 saturated carbocycles. The van der Waals surface area contributed by atoms with E-state index in [1.165, 1.54) is 51.4 Å². The number of ether oxygens (including phenoxy) is 1. The summed E-state index contributed by atoms with van der Waals surface area (Å²) in [6.07, 6.45) is 10.5. The van der Waals surface area contributed by atoms with Crippen molar-refractivity contribution in [1.29, 1.82) is 0 Å². The van der Waals surface area contributed by atoms with Gasteiger partial charge in [0.25, 0.3) is 0 Å². The topological polar surface area (TPSA) is 21.3 Å². The number of hydrogen-bond acceptors (Lipinski definition) is 2. The van der Waals surface area contributed by atoms with Crippen LogP contribution in [0.4, 0.5) is 0 Å². The van der Waals surface area contributed by atoms with Crippen molar-refractivity contribution < 1.29 is 4.74 Å². The fourth-order valence-corrected chi connectivity index (χ4v) is 4.18. The van der Waals surface area contributed by atoms with Crippen molar-refractivity contribution in [2.45, 2.75) is 83.8 Å². The highest BCUT2D eigenvalue weighted by Gasteiger charge is 2.41. The van der Waals surface area contributed by atoms with E-state index in [1.54, 1.807) is 0 Å². The second-order valence-corrected chi connectivity index (χ2v) is 7.27. The molecule has 1 heterocycles. The minimum absolute atomic E-state index is 0.224. The van der Waals surface area contributed by atoms with Gasteiger partial charge in [-0.15, -0.1) is 0 Å². The lowest BCUT2D eigenvalue weighted by Crippen LogP contribution is -2.49. The Balaban J connectivity index is 1.89. The predicted molar refractivity (Wildman–Crippen MR) is 81.4 cm³/mol. The van der Waals surface area contributed by atoms with Crippen LogP contribution in [0.5, 0.6) is 0 Å². The zero-order valence-corrected chi connectivity index (χ0v) is 13.2. The van der Waals surface area contributed by atoms with E-state index < -0.39 is 0 Å². The van der Waals surface area contributed by atoms with Crippen molar-refractivity contribution in [3.63, 3.8) is 0 Å². The van der Waals surface area contributed by atoms with Gasteiger partial charge in [0.1, 0.15) is 0 Å². The summed E-state index contributed by atoms with van der Waals surface area (Å²) in [5.74, 6) is 1.73. The van der Waals surface area contributed by atoms with Crippen LogP contribution in [0.2, 0.25) is 0 Å². The monoisotopic (exact) mass is 267 g/mol. The van der Waals surface area contributed by atoms with Crippen LogP contribution in [0.15, 0.2) is 0 Å². The van der Waals surface area contributed by atoms with E-state index in [2.05, 4.69) is 26.1 Å². The molecule has 1 aliphatic heterocycles. The number of rotatable bonds is 5. The molecule has 0 amide bonds. The zero-order chi connectivity index (χ0) is 13.7. The van der Waals surface area contributed by atoms with Crippen molar-refractivity contribution in [3.8, 4) is 0 Å². The summed E-state index contributed by atoms with van der Waals surface area (Å²) in [4.78, 5) is 0. The summed E-state index contributed by atoms with van der Waals surface area (Å²) in [5, 5.41) is 3.72. The van der Waals surface area contributed by atoms with Crippen LogP contribution >= 0.6 is 0 Å². The molecule has 19 heavy (non-hydrogen) atoms. The Labute approximate surface area is 119 Å². The minimum Gasteiger partial charge on any atom is -0.375 e. The summed E-state index contributed by atoms with van der Waals surface area (Å²) >= 11 is 0. The Kier molecular flexibility index (Phi) is 5.70. The van der Waals surface area contributed by atoms with E-state index in [4.69, 9.17) is 4.74 Å². The molecule has 3 unspecified atom stereocenters. The molecule has 0 bridgehead atoms. The Bertz CT molecular complexity index is 262. The van der Waals surface area contributed by atoms with Gasteiger partial charge in [-0.3, -0.25) is 0 Å². The quantitative estimate of drug-likeness (QED) is 0.808. The molecule has 1 spiro atoms. The number of nitrogens with one attached hydrogen (secondary N) is 1. The molecule has 112 valence electrons. The third-order valence-corrected chi connectivity index (χ3v) is 4.89. The van der Waals surface area contributed by atoms with Crippen LogP contribution in [0.25, 0.3) is 0 Å². The maximum Gasteiger partial charge on any atom is 0.0700 e. The third-order valence-electron chi connectivity index (χ3n) is 4.89. The fraction of sp³-hybridized carbons (Fsp3) is 1.00. The Morgan fingerprint density at radius 3 is 2.84 bits per heavy atom. The van der Waals surface area contributed by atoms with Crippen molar-refractivity contribution in [2.75, 3.05) is 13.2 Å². The van der Waals surface area contributed by atoms with Crippen LogP contribution in [-0.4, -0.2) is 24.8 Å². The molecule has 2 rings (SSSR count). The van der Waals surface area contributed by atoms with Gasteiger partial charge in [0.2, 0.25) is 0 Å². The average molecular weight is 267 g/mol. The van der Waals surface area contributed by atoms with E-state index in [1.807, 2.05) is 0 Å². The average Bonchev–Trinajstić information content (AvgIpc) is 2.36. The summed E-state index contributed by atoms with van der Waals surface area (Å²) in [6, 6.07) is 0.700. The van der Waals surface area contributed by atoms with Crippen LogP contribution < -0.4 is 5.32 Å². The van der Waals surface area contributed by atoms with Gasteiger partial charge in [-0.2, -0.15) is 0 Å². The molecule has 2 nitrogen and oxygen atoms in total. The van der Waals surface area contributed by atoms with Crippen molar-refractivity contribution in [3.05, 3.63) is 0 Å². The zero-order valence-electron chi connectivity index (χ0n) is 13.2. The second-order valence-electron chi connectivity index (χ2n) is 7.27. The first-order valence-electron chi connectivity index (χ1n) is 8.51. The summed E-state index contributed by atoms with van der Waals surface area (Å²) < 4.78 is 6.29. The molecule has 0 radical (unpaired) electrons. The first-order chi connectivity index (χ1) is 9.13. The van der Waals surface area contributed by atoms with Crippen molar-refractivity contribution in [1.82, 2.24) is 5.32 Å². The van der Waals surface area contributed by atoms with Crippen LogP contribution in [0.1, 0.15) is 72.1 Å². The third kappa shape index (κ3) is 4.46. The SMILES string of the molecule is CCCNC1CCOC2(CCCC(CC(C)C)C2)C1. The van der Waals surface area contributed by atoms with Crippen molar-refractivity contribution >= 4 is 0 Å². The molecule has 0 aromatic heterocycles. The van der Waals surface area contributed by atoms with E-state index in [-0.39, 0.29) is 5.60 Å². The van der Waals surface area contributed by atoms with E-state index in [0.717, 1.165) is 25.0 Å². The molecular weight excluding hydrogens is 234 g/mol.